The second-order valence-corrected chi connectivity index (χ2v) is 9.20. The van der Waals surface area contributed by atoms with Crippen LogP contribution in [0.15, 0.2) is 60.4 Å². The molecule has 5 rings (SSSR count). The zero-order chi connectivity index (χ0) is 25.7. The second-order valence-electron chi connectivity index (χ2n) is 8.16. The summed E-state index contributed by atoms with van der Waals surface area (Å²) in [6.45, 7) is 1.51. The van der Waals surface area contributed by atoms with Crippen LogP contribution in [0.4, 0.5) is 13.2 Å². The molecule has 0 aliphatic carbocycles. The second kappa shape index (κ2) is 10.9. The molecule has 1 amide bonds. The van der Waals surface area contributed by atoms with Crippen LogP contribution >= 0.6 is 11.3 Å². The lowest BCUT2D eigenvalue weighted by molar-refractivity contribution is -0.192. The summed E-state index contributed by atoms with van der Waals surface area (Å²) < 4.78 is 33.6. The molecule has 4 aromatic heterocycles. The number of halogens is 3. The highest BCUT2D eigenvalue weighted by atomic mass is 32.1. The summed E-state index contributed by atoms with van der Waals surface area (Å²) in [6, 6.07) is 12.0. The van der Waals surface area contributed by atoms with Gasteiger partial charge in [-0.1, -0.05) is 6.07 Å². The molecule has 1 atom stereocenters. The maximum atomic E-state index is 12.7. The van der Waals surface area contributed by atoms with Gasteiger partial charge in [-0.15, -0.1) is 11.3 Å². The van der Waals surface area contributed by atoms with E-state index in [1.54, 1.807) is 23.7 Å². The molecule has 0 radical (unpaired) electrons. The summed E-state index contributed by atoms with van der Waals surface area (Å²) in [7, 11) is 0. The highest BCUT2D eigenvalue weighted by Gasteiger charge is 2.38. The van der Waals surface area contributed by atoms with E-state index in [1.807, 2.05) is 51.3 Å². The van der Waals surface area contributed by atoms with Gasteiger partial charge in [-0.05, 0) is 54.1 Å². The van der Waals surface area contributed by atoms with Crippen LogP contribution in [0, 0.1) is 0 Å². The highest BCUT2D eigenvalue weighted by molar-refractivity contribution is 7.10. The van der Waals surface area contributed by atoms with Gasteiger partial charge in [0.05, 0.1) is 6.42 Å². The molecule has 1 saturated heterocycles. The lowest BCUT2D eigenvalue weighted by Gasteiger charge is -2.31. The number of likely N-dealkylation sites (tertiary alicyclic amines) is 1. The third kappa shape index (κ3) is 6.25. The molecule has 1 aliphatic rings. The minimum atomic E-state index is -5.08. The van der Waals surface area contributed by atoms with Gasteiger partial charge in [0.2, 0.25) is 5.91 Å². The van der Waals surface area contributed by atoms with Gasteiger partial charge in [-0.3, -0.25) is 9.78 Å². The number of hydrogen-bond donors (Lipinski definition) is 1. The molecule has 0 spiro atoms. The molecule has 0 aromatic carbocycles. The van der Waals surface area contributed by atoms with Crippen molar-refractivity contribution in [3.8, 4) is 11.1 Å². The van der Waals surface area contributed by atoms with Crippen molar-refractivity contribution in [2.45, 2.75) is 31.4 Å². The van der Waals surface area contributed by atoms with Crippen molar-refractivity contribution in [2.75, 3.05) is 13.1 Å². The summed E-state index contributed by atoms with van der Waals surface area (Å²) in [5, 5.41) is 13.9. The molecule has 5 heterocycles. The molecule has 1 N–H and O–H groups in total. The first-order valence-corrected chi connectivity index (χ1v) is 12.0. The molecule has 8 nitrogen and oxygen atoms in total. The third-order valence-corrected chi connectivity index (χ3v) is 6.52. The lowest BCUT2D eigenvalue weighted by Crippen LogP contribution is -2.40. The van der Waals surface area contributed by atoms with Gasteiger partial charge in [0.25, 0.3) is 0 Å². The van der Waals surface area contributed by atoms with Crippen LogP contribution in [-0.4, -0.2) is 60.7 Å². The fourth-order valence-corrected chi connectivity index (χ4v) is 4.57. The van der Waals surface area contributed by atoms with Crippen LogP contribution in [0.25, 0.3) is 16.8 Å². The molecule has 1 aliphatic heterocycles. The normalized spacial score (nSPS) is 15.9. The van der Waals surface area contributed by atoms with Crippen molar-refractivity contribution in [2.24, 2.45) is 0 Å². The summed E-state index contributed by atoms with van der Waals surface area (Å²) in [4.78, 5) is 33.5. The molecule has 1 fully saturated rings. The van der Waals surface area contributed by atoms with Crippen molar-refractivity contribution in [3.05, 3.63) is 71.1 Å². The van der Waals surface area contributed by atoms with E-state index < -0.39 is 12.1 Å². The number of thiophene rings is 1. The van der Waals surface area contributed by atoms with Crippen molar-refractivity contribution >= 4 is 28.9 Å². The van der Waals surface area contributed by atoms with E-state index in [9.17, 15) is 18.0 Å². The number of piperidine rings is 1. The number of hydrogen-bond acceptors (Lipinski definition) is 6. The Balaban J connectivity index is 0.000000384. The van der Waals surface area contributed by atoms with Gasteiger partial charge in [-0.2, -0.15) is 18.3 Å². The molecular formula is C24H22F3N5O3S. The van der Waals surface area contributed by atoms with Gasteiger partial charge in [0.1, 0.15) is 0 Å². The number of pyridine rings is 2. The fraction of sp³-hybridized carbons (Fsp3) is 0.292. The number of aliphatic carboxylic acids is 1. The summed E-state index contributed by atoms with van der Waals surface area (Å²) in [5.74, 6) is -1.56. The van der Waals surface area contributed by atoms with E-state index in [2.05, 4.69) is 11.1 Å². The standard InChI is InChI=1S/C22H21N5OS.C2HF3O2/c28-21(13-19-4-2-12-29-19)26-11-1-3-18(14-26)22-24-20-6-5-17(15-27(20)25-22)16-7-9-23-10-8-16;3-2(4,5)1(6)7/h2,4-10,12,15,18H,1,3,11,13-14H2;(H,6,7). The van der Waals surface area contributed by atoms with Gasteiger partial charge < -0.3 is 10.0 Å². The topological polar surface area (TPSA) is 101 Å². The minimum absolute atomic E-state index is 0.181. The Morgan fingerprint density at radius 1 is 1.11 bits per heavy atom. The number of aromatic nitrogens is 4. The van der Waals surface area contributed by atoms with Crippen molar-refractivity contribution in [3.63, 3.8) is 0 Å². The predicted molar refractivity (Wildman–Crippen MR) is 126 cm³/mol. The number of carboxylic acid groups (broad SMARTS) is 1. The Kier molecular flexibility index (Phi) is 7.63. The van der Waals surface area contributed by atoms with E-state index >= 15 is 0 Å². The average molecular weight is 518 g/mol. The summed E-state index contributed by atoms with van der Waals surface area (Å²) in [6.07, 6.45) is 2.98. The Hall–Kier alpha value is -3.80. The maximum absolute atomic E-state index is 12.7. The van der Waals surface area contributed by atoms with E-state index in [0.717, 1.165) is 46.9 Å². The number of amides is 1. The first-order chi connectivity index (χ1) is 17.2. The van der Waals surface area contributed by atoms with Crippen molar-refractivity contribution in [1.29, 1.82) is 0 Å². The monoisotopic (exact) mass is 517 g/mol. The van der Waals surface area contributed by atoms with Crippen LogP contribution in [0.1, 0.15) is 29.5 Å². The van der Waals surface area contributed by atoms with E-state index in [0.29, 0.717) is 13.0 Å². The van der Waals surface area contributed by atoms with Crippen LogP contribution in [-0.2, 0) is 16.0 Å². The molecule has 12 heteroatoms. The minimum Gasteiger partial charge on any atom is -0.475 e. The van der Waals surface area contributed by atoms with E-state index in [1.165, 1.54) is 0 Å². The number of carbonyl (C=O) groups excluding carboxylic acids is 1. The van der Waals surface area contributed by atoms with Gasteiger partial charge in [0.15, 0.2) is 11.5 Å². The highest BCUT2D eigenvalue weighted by Crippen LogP contribution is 2.27. The molecule has 1 unspecified atom stereocenters. The zero-order valence-electron chi connectivity index (χ0n) is 18.9. The Labute approximate surface area is 208 Å². The largest absolute Gasteiger partial charge is 0.490 e. The predicted octanol–water partition coefficient (Wildman–Crippen LogP) is 4.43. The average Bonchev–Trinajstić information content (AvgIpc) is 3.54. The van der Waals surface area contributed by atoms with E-state index in [4.69, 9.17) is 20.0 Å². The number of carbonyl (C=O) groups is 2. The van der Waals surface area contributed by atoms with Crippen LogP contribution < -0.4 is 0 Å². The number of alkyl halides is 3. The smallest absolute Gasteiger partial charge is 0.475 e. The van der Waals surface area contributed by atoms with Crippen LogP contribution in [0.2, 0.25) is 0 Å². The van der Waals surface area contributed by atoms with Gasteiger partial charge in [0, 0.05) is 48.0 Å². The SMILES string of the molecule is O=C(Cc1cccs1)N1CCCC(c2nc3ccc(-c4ccncc4)cn3n2)C1.O=C(O)C(F)(F)F. The quantitative estimate of drug-likeness (QED) is 0.430. The van der Waals surface area contributed by atoms with Crippen molar-refractivity contribution in [1.82, 2.24) is 24.5 Å². The third-order valence-electron chi connectivity index (χ3n) is 5.65. The fourth-order valence-electron chi connectivity index (χ4n) is 3.88. The number of rotatable bonds is 4. The van der Waals surface area contributed by atoms with Crippen molar-refractivity contribution < 1.29 is 27.9 Å². The number of nitrogens with zero attached hydrogens (tertiary/aromatic N) is 5. The van der Waals surface area contributed by atoms with Gasteiger partial charge in [-0.25, -0.2) is 14.3 Å². The first kappa shape index (κ1) is 25.3. The molecule has 4 aromatic rings. The Morgan fingerprint density at radius 2 is 1.86 bits per heavy atom. The Bertz CT molecular complexity index is 1330. The molecular weight excluding hydrogens is 495 g/mol. The first-order valence-electron chi connectivity index (χ1n) is 11.1. The van der Waals surface area contributed by atoms with Crippen LogP contribution in [0.3, 0.4) is 0 Å². The van der Waals surface area contributed by atoms with Gasteiger partial charge >= 0.3 is 12.1 Å². The molecule has 188 valence electrons. The maximum Gasteiger partial charge on any atom is 0.490 e. The summed E-state index contributed by atoms with van der Waals surface area (Å²) in [5.41, 5.74) is 3.01. The van der Waals surface area contributed by atoms with Crippen LogP contribution in [0.5, 0.6) is 0 Å². The zero-order valence-corrected chi connectivity index (χ0v) is 19.7. The lowest BCUT2D eigenvalue weighted by atomic mass is 9.97. The summed E-state index contributed by atoms with van der Waals surface area (Å²) >= 11 is 1.64. The molecule has 0 bridgehead atoms. The Morgan fingerprint density at radius 3 is 2.53 bits per heavy atom. The molecule has 0 saturated carbocycles. The number of carboxylic acids is 1. The molecule has 36 heavy (non-hydrogen) atoms. The number of fused-ring (bicyclic) bond motifs is 1. The van der Waals surface area contributed by atoms with E-state index in [-0.39, 0.29) is 11.8 Å².